The Morgan fingerprint density at radius 3 is 2.61 bits per heavy atom. The Balaban J connectivity index is 2.11. The Bertz CT molecular complexity index is 566. The first kappa shape index (κ1) is 13.1. The van der Waals surface area contributed by atoms with Gasteiger partial charge in [0, 0.05) is 16.7 Å². The van der Waals surface area contributed by atoms with Crippen LogP contribution in [0.25, 0.3) is 0 Å². The van der Waals surface area contributed by atoms with E-state index in [1.165, 1.54) is 5.56 Å². The maximum Gasteiger partial charge on any atom is 0.126 e. The quantitative estimate of drug-likeness (QED) is 0.857. The van der Waals surface area contributed by atoms with Crippen LogP contribution >= 0.6 is 15.9 Å². The van der Waals surface area contributed by atoms with E-state index in [-0.39, 0.29) is 5.82 Å². The fraction of sp³-hybridized carbons (Fsp3) is 0.200. The molecule has 2 rings (SSSR count). The third-order valence-electron chi connectivity index (χ3n) is 2.91. The van der Waals surface area contributed by atoms with Gasteiger partial charge in [-0.2, -0.15) is 0 Å². The van der Waals surface area contributed by atoms with Gasteiger partial charge in [0.1, 0.15) is 5.82 Å². The lowest BCUT2D eigenvalue weighted by atomic mass is 10.1. The molecule has 0 aliphatic heterocycles. The fourth-order valence-corrected chi connectivity index (χ4v) is 2.13. The molecule has 0 bridgehead atoms. The first-order chi connectivity index (χ1) is 8.58. The molecule has 0 aliphatic carbocycles. The Kier molecular flexibility index (Phi) is 4.02. The highest BCUT2D eigenvalue weighted by atomic mass is 79.9. The summed E-state index contributed by atoms with van der Waals surface area (Å²) in [6.07, 6.45) is 0. The number of nitrogens with one attached hydrogen (secondary N) is 1. The van der Waals surface area contributed by atoms with Gasteiger partial charge in [-0.3, -0.25) is 0 Å². The Morgan fingerprint density at radius 1 is 1.11 bits per heavy atom. The van der Waals surface area contributed by atoms with Crippen LogP contribution in [0.2, 0.25) is 0 Å². The minimum absolute atomic E-state index is 0.155. The number of hydrogen-bond donors (Lipinski definition) is 1. The van der Waals surface area contributed by atoms with Gasteiger partial charge in [0.2, 0.25) is 0 Å². The summed E-state index contributed by atoms with van der Waals surface area (Å²) in [5.41, 5.74) is 3.81. The van der Waals surface area contributed by atoms with Crippen LogP contribution in [0.3, 0.4) is 0 Å². The van der Waals surface area contributed by atoms with Crippen molar-refractivity contribution >= 4 is 21.6 Å². The number of halogens is 2. The molecule has 0 aliphatic rings. The van der Waals surface area contributed by atoms with Gasteiger partial charge < -0.3 is 5.32 Å². The van der Waals surface area contributed by atoms with E-state index in [1.807, 2.05) is 31.2 Å². The van der Waals surface area contributed by atoms with Crippen LogP contribution in [0.4, 0.5) is 10.1 Å². The Hall–Kier alpha value is -1.35. The highest BCUT2D eigenvalue weighted by Crippen LogP contribution is 2.26. The summed E-state index contributed by atoms with van der Waals surface area (Å²) >= 11 is 3.54. The summed E-state index contributed by atoms with van der Waals surface area (Å²) in [6.45, 7) is 4.42. The number of rotatable bonds is 3. The molecule has 2 aromatic carbocycles. The number of aryl methyl sites for hydroxylation is 2. The predicted octanol–water partition coefficient (Wildman–Crippen LogP) is 4.82. The van der Waals surface area contributed by atoms with Gasteiger partial charge in [-0.25, -0.2) is 4.39 Å². The largest absolute Gasteiger partial charge is 0.380 e. The zero-order valence-corrected chi connectivity index (χ0v) is 12.0. The Labute approximate surface area is 115 Å². The van der Waals surface area contributed by atoms with Crippen LogP contribution in [0.1, 0.15) is 16.7 Å². The average Bonchev–Trinajstić information content (AvgIpc) is 2.35. The SMILES string of the molecule is Cc1ccc(CNc2cccc(C)c2Br)cc1F. The van der Waals surface area contributed by atoms with Crippen LogP contribution in [-0.4, -0.2) is 0 Å². The summed E-state index contributed by atoms with van der Waals surface area (Å²) in [5.74, 6) is -0.155. The second-order valence-corrected chi connectivity index (χ2v) is 5.17. The summed E-state index contributed by atoms with van der Waals surface area (Å²) in [4.78, 5) is 0. The van der Waals surface area contributed by atoms with Gasteiger partial charge in [0.15, 0.2) is 0 Å². The molecular formula is C15H15BrFN. The van der Waals surface area contributed by atoms with E-state index < -0.39 is 0 Å². The van der Waals surface area contributed by atoms with E-state index >= 15 is 0 Å². The molecule has 0 radical (unpaired) electrons. The minimum atomic E-state index is -0.155. The molecular weight excluding hydrogens is 293 g/mol. The first-order valence-corrected chi connectivity index (χ1v) is 6.61. The van der Waals surface area contributed by atoms with Gasteiger partial charge in [-0.1, -0.05) is 24.3 Å². The standard InChI is InChI=1S/C15H15BrFN/c1-10-6-7-12(8-13(10)17)9-18-14-5-3-4-11(2)15(14)16/h3-8,18H,9H2,1-2H3. The average molecular weight is 308 g/mol. The van der Waals surface area contributed by atoms with Crippen LogP contribution in [0.15, 0.2) is 40.9 Å². The summed E-state index contributed by atoms with van der Waals surface area (Å²) in [7, 11) is 0. The topological polar surface area (TPSA) is 12.0 Å². The Morgan fingerprint density at radius 2 is 1.89 bits per heavy atom. The van der Waals surface area contributed by atoms with E-state index in [1.54, 1.807) is 19.1 Å². The van der Waals surface area contributed by atoms with E-state index in [2.05, 4.69) is 21.2 Å². The number of benzene rings is 2. The van der Waals surface area contributed by atoms with Crippen LogP contribution in [-0.2, 0) is 6.54 Å². The molecule has 1 N–H and O–H groups in total. The van der Waals surface area contributed by atoms with Crippen molar-refractivity contribution in [1.82, 2.24) is 0 Å². The summed E-state index contributed by atoms with van der Waals surface area (Å²) in [6, 6.07) is 11.4. The van der Waals surface area contributed by atoms with Crippen LogP contribution in [0, 0.1) is 19.7 Å². The molecule has 0 saturated heterocycles. The number of anilines is 1. The van der Waals surface area contributed by atoms with Crippen molar-refractivity contribution in [3.05, 3.63) is 63.4 Å². The van der Waals surface area contributed by atoms with Crippen molar-refractivity contribution < 1.29 is 4.39 Å². The van der Waals surface area contributed by atoms with Crippen LogP contribution in [0.5, 0.6) is 0 Å². The molecule has 1 nitrogen and oxygen atoms in total. The van der Waals surface area contributed by atoms with Gasteiger partial charge in [0.05, 0.1) is 0 Å². The molecule has 3 heteroatoms. The third kappa shape index (κ3) is 2.91. The molecule has 0 saturated carbocycles. The normalized spacial score (nSPS) is 10.4. The highest BCUT2D eigenvalue weighted by Gasteiger charge is 2.03. The van der Waals surface area contributed by atoms with E-state index in [0.29, 0.717) is 12.1 Å². The molecule has 2 aromatic rings. The zero-order chi connectivity index (χ0) is 13.1. The van der Waals surface area contributed by atoms with Crippen LogP contribution < -0.4 is 5.32 Å². The van der Waals surface area contributed by atoms with E-state index in [0.717, 1.165) is 15.7 Å². The highest BCUT2D eigenvalue weighted by molar-refractivity contribution is 9.10. The molecule has 0 atom stereocenters. The van der Waals surface area contributed by atoms with Crippen molar-refractivity contribution in [2.45, 2.75) is 20.4 Å². The molecule has 0 heterocycles. The van der Waals surface area contributed by atoms with E-state index in [4.69, 9.17) is 0 Å². The van der Waals surface area contributed by atoms with Crippen molar-refractivity contribution in [1.29, 1.82) is 0 Å². The van der Waals surface area contributed by atoms with Crippen molar-refractivity contribution in [3.63, 3.8) is 0 Å². The predicted molar refractivity (Wildman–Crippen MR) is 77.3 cm³/mol. The monoisotopic (exact) mass is 307 g/mol. The van der Waals surface area contributed by atoms with E-state index in [9.17, 15) is 4.39 Å². The smallest absolute Gasteiger partial charge is 0.126 e. The first-order valence-electron chi connectivity index (χ1n) is 5.82. The second kappa shape index (κ2) is 5.53. The maximum atomic E-state index is 13.4. The fourth-order valence-electron chi connectivity index (χ4n) is 1.73. The van der Waals surface area contributed by atoms with Gasteiger partial charge in [-0.15, -0.1) is 0 Å². The van der Waals surface area contributed by atoms with Crippen molar-refractivity contribution in [3.8, 4) is 0 Å². The van der Waals surface area contributed by atoms with Crippen molar-refractivity contribution in [2.24, 2.45) is 0 Å². The lowest BCUT2D eigenvalue weighted by molar-refractivity contribution is 0.616. The van der Waals surface area contributed by atoms with Gasteiger partial charge >= 0.3 is 0 Å². The molecule has 0 spiro atoms. The third-order valence-corrected chi connectivity index (χ3v) is 3.96. The molecule has 0 amide bonds. The lowest BCUT2D eigenvalue weighted by Crippen LogP contribution is -2.01. The molecule has 18 heavy (non-hydrogen) atoms. The molecule has 0 fully saturated rings. The van der Waals surface area contributed by atoms with Gasteiger partial charge in [0.25, 0.3) is 0 Å². The summed E-state index contributed by atoms with van der Waals surface area (Å²) in [5, 5.41) is 3.30. The molecule has 0 unspecified atom stereocenters. The minimum Gasteiger partial charge on any atom is -0.380 e. The maximum absolute atomic E-state index is 13.4. The number of hydrogen-bond acceptors (Lipinski definition) is 1. The molecule has 94 valence electrons. The van der Waals surface area contributed by atoms with Gasteiger partial charge in [-0.05, 0) is 58.6 Å². The zero-order valence-electron chi connectivity index (χ0n) is 10.4. The second-order valence-electron chi connectivity index (χ2n) is 4.37. The van der Waals surface area contributed by atoms with Crippen molar-refractivity contribution in [2.75, 3.05) is 5.32 Å². The molecule has 0 aromatic heterocycles. The lowest BCUT2D eigenvalue weighted by Gasteiger charge is -2.10. The summed E-state index contributed by atoms with van der Waals surface area (Å²) < 4.78 is 14.5.